The summed E-state index contributed by atoms with van der Waals surface area (Å²) in [7, 11) is 0. The van der Waals surface area contributed by atoms with Gasteiger partial charge in [-0.15, -0.1) is 11.8 Å². The van der Waals surface area contributed by atoms with Crippen LogP contribution in [-0.2, 0) is 0 Å². The first-order valence-electron chi connectivity index (χ1n) is 6.00. The molecule has 0 aliphatic rings. The van der Waals surface area contributed by atoms with Crippen molar-refractivity contribution in [1.82, 2.24) is 0 Å². The number of benzene rings is 2. The van der Waals surface area contributed by atoms with Crippen molar-refractivity contribution in [3.63, 3.8) is 0 Å². The molecule has 2 rings (SSSR count). The second kappa shape index (κ2) is 6.60. The molecule has 1 unspecified atom stereocenters. The van der Waals surface area contributed by atoms with E-state index in [0.717, 1.165) is 4.90 Å². The second-order valence-electron chi connectivity index (χ2n) is 4.15. The van der Waals surface area contributed by atoms with E-state index in [2.05, 4.69) is 6.07 Å². The van der Waals surface area contributed by atoms with Gasteiger partial charge in [0.05, 0.1) is 6.07 Å². The van der Waals surface area contributed by atoms with E-state index in [4.69, 9.17) is 11.6 Å². The van der Waals surface area contributed by atoms with E-state index in [0.29, 0.717) is 16.1 Å². The van der Waals surface area contributed by atoms with Crippen LogP contribution in [0, 0.1) is 11.3 Å². The molecule has 4 heteroatoms. The SMILES string of the molecule is CSc1ccccc1C(=O)C(C#N)c1ccccc1Cl. The Morgan fingerprint density at radius 1 is 1.20 bits per heavy atom. The van der Waals surface area contributed by atoms with Gasteiger partial charge in [-0.05, 0) is 24.0 Å². The summed E-state index contributed by atoms with van der Waals surface area (Å²) in [5.41, 5.74) is 1.11. The van der Waals surface area contributed by atoms with E-state index in [1.54, 1.807) is 36.4 Å². The number of hydrogen-bond acceptors (Lipinski definition) is 3. The Morgan fingerprint density at radius 2 is 1.85 bits per heavy atom. The molecule has 0 saturated carbocycles. The molecule has 0 aliphatic carbocycles. The van der Waals surface area contributed by atoms with Gasteiger partial charge in [-0.2, -0.15) is 5.26 Å². The molecule has 0 aromatic heterocycles. The Morgan fingerprint density at radius 3 is 2.50 bits per heavy atom. The summed E-state index contributed by atoms with van der Waals surface area (Å²) in [6.45, 7) is 0. The van der Waals surface area contributed by atoms with E-state index in [1.165, 1.54) is 11.8 Å². The Kier molecular flexibility index (Phi) is 4.84. The molecule has 0 radical (unpaired) electrons. The van der Waals surface area contributed by atoms with Crippen LogP contribution in [0.15, 0.2) is 53.4 Å². The number of halogens is 1. The van der Waals surface area contributed by atoms with E-state index in [9.17, 15) is 10.1 Å². The summed E-state index contributed by atoms with van der Waals surface area (Å²) in [4.78, 5) is 13.5. The number of hydrogen-bond donors (Lipinski definition) is 0. The number of ketones is 1. The summed E-state index contributed by atoms with van der Waals surface area (Å²) in [6, 6.07) is 16.3. The van der Waals surface area contributed by atoms with Crippen molar-refractivity contribution in [3.05, 3.63) is 64.7 Å². The third-order valence-corrected chi connectivity index (χ3v) is 4.12. The molecule has 0 aliphatic heterocycles. The minimum atomic E-state index is -0.878. The number of rotatable bonds is 4. The smallest absolute Gasteiger partial charge is 0.185 e. The van der Waals surface area contributed by atoms with Crippen LogP contribution >= 0.6 is 23.4 Å². The second-order valence-corrected chi connectivity index (χ2v) is 5.40. The zero-order valence-corrected chi connectivity index (χ0v) is 12.4. The predicted octanol–water partition coefficient (Wildman–Crippen LogP) is 4.55. The summed E-state index contributed by atoms with van der Waals surface area (Å²) >= 11 is 7.58. The molecule has 0 spiro atoms. The van der Waals surface area contributed by atoms with Gasteiger partial charge in [-0.25, -0.2) is 0 Å². The van der Waals surface area contributed by atoms with Gasteiger partial charge >= 0.3 is 0 Å². The van der Waals surface area contributed by atoms with Crippen molar-refractivity contribution < 1.29 is 4.79 Å². The standard InChI is InChI=1S/C16H12ClNOS/c1-20-15-9-5-3-7-12(15)16(19)13(10-18)11-6-2-4-8-14(11)17/h2-9,13H,1H3. The Bertz CT molecular complexity index is 678. The predicted molar refractivity (Wildman–Crippen MR) is 82.4 cm³/mol. The number of nitrogens with zero attached hydrogens (tertiary/aromatic N) is 1. The maximum absolute atomic E-state index is 12.6. The van der Waals surface area contributed by atoms with Crippen molar-refractivity contribution >= 4 is 29.1 Å². The first-order valence-corrected chi connectivity index (χ1v) is 7.60. The van der Waals surface area contributed by atoms with Crippen LogP contribution in [0.4, 0.5) is 0 Å². The number of thioether (sulfide) groups is 1. The molecule has 2 aromatic rings. The van der Waals surface area contributed by atoms with Crippen molar-refractivity contribution in [1.29, 1.82) is 5.26 Å². The third kappa shape index (κ3) is 2.87. The quantitative estimate of drug-likeness (QED) is 0.614. The molecule has 100 valence electrons. The van der Waals surface area contributed by atoms with Crippen molar-refractivity contribution in [3.8, 4) is 6.07 Å². The lowest BCUT2D eigenvalue weighted by Crippen LogP contribution is -2.12. The summed E-state index contributed by atoms with van der Waals surface area (Å²) in [5.74, 6) is -1.09. The van der Waals surface area contributed by atoms with E-state index in [1.807, 2.05) is 18.4 Å². The molecule has 0 saturated heterocycles. The highest BCUT2D eigenvalue weighted by Crippen LogP contribution is 2.30. The van der Waals surface area contributed by atoms with E-state index in [-0.39, 0.29) is 5.78 Å². The van der Waals surface area contributed by atoms with Crippen LogP contribution in [0.3, 0.4) is 0 Å². The van der Waals surface area contributed by atoms with Crippen molar-refractivity contribution in [2.24, 2.45) is 0 Å². The summed E-state index contributed by atoms with van der Waals surface area (Å²) < 4.78 is 0. The van der Waals surface area contributed by atoms with E-state index < -0.39 is 5.92 Å². The maximum atomic E-state index is 12.6. The lowest BCUT2D eigenvalue weighted by atomic mass is 9.92. The highest BCUT2D eigenvalue weighted by molar-refractivity contribution is 7.98. The van der Waals surface area contributed by atoms with Crippen LogP contribution in [0.25, 0.3) is 0 Å². The Balaban J connectivity index is 2.46. The minimum Gasteiger partial charge on any atom is -0.292 e. The minimum absolute atomic E-state index is 0.217. The van der Waals surface area contributed by atoms with Gasteiger partial charge in [-0.3, -0.25) is 4.79 Å². The van der Waals surface area contributed by atoms with Crippen LogP contribution < -0.4 is 0 Å². The lowest BCUT2D eigenvalue weighted by molar-refractivity contribution is 0.0976. The molecule has 0 bridgehead atoms. The number of carbonyl (C=O) groups is 1. The van der Waals surface area contributed by atoms with Gasteiger partial charge in [-0.1, -0.05) is 48.0 Å². The zero-order chi connectivity index (χ0) is 14.5. The van der Waals surface area contributed by atoms with Crippen LogP contribution in [0.1, 0.15) is 21.8 Å². The number of nitriles is 1. The zero-order valence-electron chi connectivity index (χ0n) is 10.8. The van der Waals surface area contributed by atoms with Gasteiger partial charge < -0.3 is 0 Å². The van der Waals surface area contributed by atoms with Crippen LogP contribution in [0.5, 0.6) is 0 Å². The average molecular weight is 302 g/mol. The fourth-order valence-corrected chi connectivity index (χ4v) is 2.83. The van der Waals surface area contributed by atoms with Crippen molar-refractivity contribution in [2.75, 3.05) is 6.26 Å². The molecule has 20 heavy (non-hydrogen) atoms. The normalized spacial score (nSPS) is 11.7. The molecular formula is C16H12ClNOS. The average Bonchev–Trinajstić information content (AvgIpc) is 2.49. The molecule has 2 nitrogen and oxygen atoms in total. The number of carbonyl (C=O) groups excluding carboxylic acids is 1. The largest absolute Gasteiger partial charge is 0.292 e. The van der Waals surface area contributed by atoms with Gasteiger partial charge in [0.2, 0.25) is 0 Å². The molecular weight excluding hydrogens is 290 g/mol. The topological polar surface area (TPSA) is 40.9 Å². The fraction of sp³-hybridized carbons (Fsp3) is 0.125. The molecule has 0 fully saturated rings. The van der Waals surface area contributed by atoms with Gasteiger partial charge in [0.1, 0.15) is 5.92 Å². The van der Waals surface area contributed by atoms with Gasteiger partial charge in [0.15, 0.2) is 5.78 Å². The van der Waals surface area contributed by atoms with Gasteiger partial charge in [0.25, 0.3) is 0 Å². The van der Waals surface area contributed by atoms with Gasteiger partial charge in [0, 0.05) is 15.5 Å². The van der Waals surface area contributed by atoms with Crippen LogP contribution in [-0.4, -0.2) is 12.0 Å². The Hall–Kier alpha value is -1.76. The molecule has 0 N–H and O–H groups in total. The Labute approximate surface area is 127 Å². The first-order chi connectivity index (χ1) is 9.69. The highest BCUT2D eigenvalue weighted by Gasteiger charge is 2.25. The summed E-state index contributed by atoms with van der Waals surface area (Å²) in [6.07, 6.45) is 1.91. The number of Topliss-reactive ketones (excluding diaryl/α,β-unsaturated/α-hetero) is 1. The summed E-state index contributed by atoms with van der Waals surface area (Å²) in [5, 5.41) is 9.80. The van der Waals surface area contributed by atoms with Crippen molar-refractivity contribution in [2.45, 2.75) is 10.8 Å². The molecule has 1 atom stereocenters. The highest BCUT2D eigenvalue weighted by atomic mass is 35.5. The molecule has 0 amide bonds. The monoisotopic (exact) mass is 301 g/mol. The lowest BCUT2D eigenvalue weighted by Gasteiger charge is -2.12. The first kappa shape index (κ1) is 14.6. The molecule has 0 heterocycles. The molecule has 2 aromatic carbocycles. The van der Waals surface area contributed by atoms with E-state index >= 15 is 0 Å². The third-order valence-electron chi connectivity index (χ3n) is 2.98. The fourth-order valence-electron chi connectivity index (χ4n) is 1.98. The maximum Gasteiger partial charge on any atom is 0.185 e. The van der Waals surface area contributed by atoms with Crippen LogP contribution in [0.2, 0.25) is 5.02 Å².